The van der Waals surface area contributed by atoms with Gasteiger partial charge in [0.15, 0.2) is 11.5 Å². The molecule has 0 aromatic heterocycles. The van der Waals surface area contributed by atoms with Crippen molar-refractivity contribution in [2.24, 2.45) is 0 Å². The van der Waals surface area contributed by atoms with Gasteiger partial charge in [-0.2, -0.15) is 0 Å². The Morgan fingerprint density at radius 3 is 2.46 bits per heavy atom. The summed E-state index contributed by atoms with van der Waals surface area (Å²) >= 11 is 0. The highest BCUT2D eigenvalue weighted by Crippen LogP contribution is 2.32. The molecule has 1 atom stereocenters. The lowest BCUT2D eigenvalue weighted by Gasteiger charge is -2.35. The maximum absolute atomic E-state index is 5.55. The van der Waals surface area contributed by atoms with Crippen LogP contribution in [0.15, 0.2) is 42.5 Å². The summed E-state index contributed by atoms with van der Waals surface area (Å²) in [4.78, 5) is 2.46. The molecule has 6 nitrogen and oxygen atoms in total. The van der Waals surface area contributed by atoms with Crippen LogP contribution in [0.4, 0.5) is 0 Å². The number of ether oxygens (including phenoxy) is 4. The summed E-state index contributed by atoms with van der Waals surface area (Å²) in [7, 11) is 5.02. The van der Waals surface area contributed by atoms with Gasteiger partial charge in [0.2, 0.25) is 0 Å². The lowest BCUT2D eigenvalue weighted by atomic mass is 10.0. The fourth-order valence-corrected chi connectivity index (χ4v) is 3.54. The van der Waals surface area contributed by atoms with Crippen LogP contribution in [0.25, 0.3) is 0 Å². The Kier molecular flexibility index (Phi) is 7.54. The van der Waals surface area contributed by atoms with Crippen LogP contribution in [-0.2, 0) is 11.3 Å². The molecular formula is C22H30N2O4. The number of nitrogens with zero attached hydrogens (tertiary/aromatic N) is 1. The van der Waals surface area contributed by atoms with Crippen molar-refractivity contribution in [1.82, 2.24) is 10.2 Å². The van der Waals surface area contributed by atoms with Gasteiger partial charge in [0, 0.05) is 32.2 Å². The molecule has 2 aromatic rings. The molecule has 0 unspecified atom stereocenters. The fraction of sp³-hybridized carbons (Fsp3) is 0.455. The lowest BCUT2D eigenvalue weighted by Crippen LogP contribution is -2.42. The van der Waals surface area contributed by atoms with Crippen LogP contribution in [0.3, 0.4) is 0 Å². The second-order valence-electron chi connectivity index (χ2n) is 6.76. The van der Waals surface area contributed by atoms with Gasteiger partial charge in [0.1, 0.15) is 5.75 Å². The molecule has 1 fully saturated rings. The average Bonchev–Trinajstić information content (AvgIpc) is 2.77. The molecule has 0 aliphatic carbocycles. The van der Waals surface area contributed by atoms with Crippen LogP contribution in [0, 0.1) is 0 Å². The molecule has 1 saturated heterocycles. The maximum Gasteiger partial charge on any atom is 0.161 e. The molecule has 0 amide bonds. The predicted molar refractivity (Wildman–Crippen MR) is 109 cm³/mol. The maximum atomic E-state index is 5.55. The van der Waals surface area contributed by atoms with Gasteiger partial charge in [0.25, 0.3) is 0 Å². The zero-order chi connectivity index (χ0) is 19.8. The van der Waals surface area contributed by atoms with E-state index in [9.17, 15) is 0 Å². The van der Waals surface area contributed by atoms with E-state index in [-0.39, 0.29) is 6.04 Å². The Labute approximate surface area is 167 Å². The smallest absolute Gasteiger partial charge is 0.161 e. The summed E-state index contributed by atoms with van der Waals surface area (Å²) in [5, 5.41) is 3.60. The van der Waals surface area contributed by atoms with E-state index in [2.05, 4.69) is 34.5 Å². The highest BCUT2D eigenvalue weighted by atomic mass is 16.5. The van der Waals surface area contributed by atoms with Crippen molar-refractivity contribution in [2.75, 3.05) is 54.2 Å². The number of morpholine rings is 1. The zero-order valence-electron chi connectivity index (χ0n) is 16.9. The monoisotopic (exact) mass is 386 g/mol. The lowest BCUT2D eigenvalue weighted by molar-refractivity contribution is 0.0160. The van der Waals surface area contributed by atoms with Gasteiger partial charge in [0.05, 0.1) is 34.5 Å². The van der Waals surface area contributed by atoms with E-state index in [4.69, 9.17) is 18.9 Å². The summed E-state index contributed by atoms with van der Waals surface area (Å²) < 4.78 is 21.8. The third-order valence-electron chi connectivity index (χ3n) is 5.08. The summed E-state index contributed by atoms with van der Waals surface area (Å²) in [6, 6.07) is 14.6. The highest BCUT2D eigenvalue weighted by Gasteiger charge is 2.23. The third-order valence-corrected chi connectivity index (χ3v) is 5.08. The Morgan fingerprint density at radius 1 is 0.964 bits per heavy atom. The number of hydrogen-bond acceptors (Lipinski definition) is 6. The predicted octanol–water partition coefficient (Wildman–Crippen LogP) is 2.88. The molecule has 3 rings (SSSR count). The van der Waals surface area contributed by atoms with E-state index in [1.54, 1.807) is 21.3 Å². The van der Waals surface area contributed by atoms with Crippen molar-refractivity contribution < 1.29 is 18.9 Å². The Morgan fingerprint density at radius 2 is 1.75 bits per heavy atom. The molecule has 6 heteroatoms. The summed E-state index contributed by atoms with van der Waals surface area (Å²) in [5.41, 5.74) is 2.41. The Balaban J connectivity index is 1.73. The van der Waals surface area contributed by atoms with Crippen LogP contribution in [0.1, 0.15) is 17.2 Å². The highest BCUT2D eigenvalue weighted by molar-refractivity contribution is 5.44. The number of methoxy groups -OCH3 is 3. The molecule has 1 heterocycles. The third kappa shape index (κ3) is 5.16. The molecule has 28 heavy (non-hydrogen) atoms. The minimum Gasteiger partial charge on any atom is -0.497 e. The second kappa shape index (κ2) is 10.3. The Hall–Kier alpha value is -2.28. The van der Waals surface area contributed by atoms with Gasteiger partial charge in [-0.05, 0) is 35.4 Å². The van der Waals surface area contributed by atoms with Crippen molar-refractivity contribution in [3.05, 3.63) is 53.6 Å². The van der Waals surface area contributed by atoms with Crippen LogP contribution < -0.4 is 19.5 Å². The molecule has 0 bridgehead atoms. The quantitative estimate of drug-likeness (QED) is 0.715. The van der Waals surface area contributed by atoms with E-state index in [0.29, 0.717) is 0 Å². The molecule has 1 aliphatic heterocycles. The van der Waals surface area contributed by atoms with Crippen molar-refractivity contribution in [3.63, 3.8) is 0 Å². The van der Waals surface area contributed by atoms with Crippen LogP contribution in [-0.4, -0.2) is 59.1 Å². The summed E-state index contributed by atoms with van der Waals surface area (Å²) in [5.74, 6) is 2.38. The van der Waals surface area contributed by atoms with Gasteiger partial charge in [-0.3, -0.25) is 4.90 Å². The van der Waals surface area contributed by atoms with E-state index < -0.39 is 0 Å². The molecule has 2 aromatic carbocycles. The summed E-state index contributed by atoms with van der Waals surface area (Å²) in [6.07, 6.45) is 0. The van der Waals surface area contributed by atoms with Crippen molar-refractivity contribution in [1.29, 1.82) is 0 Å². The summed E-state index contributed by atoms with van der Waals surface area (Å²) in [6.45, 7) is 4.97. The van der Waals surface area contributed by atoms with Gasteiger partial charge < -0.3 is 24.3 Å². The second-order valence-corrected chi connectivity index (χ2v) is 6.76. The number of hydrogen-bond donors (Lipinski definition) is 1. The molecule has 1 N–H and O–H groups in total. The number of benzene rings is 2. The van der Waals surface area contributed by atoms with Crippen molar-refractivity contribution in [3.8, 4) is 17.2 Å². The molecular weight excluding hydrogens is 356 g/mol. The minimum atomic E-state index is 0.231. The minimum absolute atomic E-state index is 0.231. The first-order chi connectivity index (χ1) is 13.7. The first kappa shape index (κ1) is 20.5. The van der Waals surface area contributed by atoms with Gasteiger partial charge in [-0.25, -0.2) is 0 Å². The van der Waals surface area contributed by atoms with E-state index >= 15 is 0 Å². The number of rotatable bonds is 9. The van der Waals surface area contributed by atoms with E-state index in [0.717, 1.165) is 56.6 Å². The SMILES string of the molecule is COc1cccc(CNC[C@H](c2ccc(OC)c(OC)c2)N2CCOCC2)c1. The average molecular weight is 386 g/mol. The molecule has 0 saturated carbocycles. The molecule has 0 radical (unpaired) electrons. The zero-order valence-corrected chi connectivity index (χ0v) is 16.9. The molecule has 1 aliphatic rings. The molecule has 0 spiro atoms. The van der Waals surface area contributed by atoms with E-state index in [1.165, 1.54) is 11.1 Å². The molecule has 152 valence electrons. The first-order valence-corrected chi connectivity index (χ1v) is 9.62. The first-order valence-electron chi connectivity index (χ1n) is 9.62. The number of nitrogens with one attached hydrogen (secondary N) is 1. The van der Waals surface area contributed by atoms with Gasteiger partial charge in [-0.15, -0.1) is 0 Å². The Bertz CT molecular complexity index is 747. The largest absolute Gasteiger partial charge is 0.497 e. The van der Waals surface area contributed by atoms with Crippen LogP contribution >= 0.6 is 0 Å². The van der Waals surface area contributed by atoms with Crippen LogP contribution in [0.5, 0.6) is 17.2 Å². The van der Waals surface area contributed by atoms with E-state index in [1.807, 2.05) is 18.2 Å². The van der Waals surface area contributed by atoms with Crippen molar-refractivity contribution >= 4 is 0 Å². The standard InChI is InChI=1S/C22H30N2O4/c1-25-19-6-4-5-17(13-19)15-23-16-20(24-9-11-28-12-10-24)18-7-8-21(26-2)22(14-18)27-3/h4-8,13-14,20,23H,9-12,15-16H2,1-3H3/t20-/m1/s1. The van der Waals surface area contributed by atoms with Crippen LogP contribution in [0.2, 0.25) is 0 Å². The topological polar surface area (TPSA) is 52.2 Å². The van der Waals surface area contributed by atoms with Gasteiger partial charge in [-0.1, -0.05) is 18.2 Å². The normalized spacial score (nSPS) is 15.8. The fourth-order valence-electron chi connectivity index (χ4n) is 3.54. The van der Waals surface area contributed by atoms with Crippen molar-refractivity contribution in [2.45, 2.75) is 12.6 Å². The van der Waals surface area contributed by atoms with Gasteiger partial charge >= 0.3 is 0 Å².